The van der Waals surface area contributed by atoms with Gasteiger partial charge in [0.2, 0.25) is 0 Å². The number of rotatable bonds is 11. The molecular formula is C14H33N2+. The van der Waals surface area contributed by atoms with Crippen LogP contribution in [0.15, 0.2) is 0 Å². The average Bonchev–Trinajstić information content (AvgIpc) is 2.27. The fourth-order valence-electron chi connectivity index (χ4n) is 2.37. The second-order valence-electron chi connectivity index (χ2n) is 4.84. The molecule has 0 aromatic rings. The summed E-state index contributed by atoms with van der Waals surface area (Å²) in [5.41, 5.74) is 0. The Bertz CT molecular complexity index is 109. The predicted octanol–water partition coefficient (Wildman–Crippen LogP) is 1.81. The molecule has 0 aromatic heterocycles. The second-order valence-corrected chi connectivity index (χ2v) is 4.84. The van der Waals surface area contributed by atoms with Crippen molar-refractivity contribution < 1.29 is 4.90 Å². The van der Waals surface area contributed by atoms with Gasteiger partial charge in [0.25, 0.3) is 0 Å². The van der Waals surface area contributed by atoms with E-state index < -0.39 is 0 Å². The first-order valence-corrected chi connectivity index (χ1v) is 7.34. The van der Waals surface area contributed by atoms with E-state index in [-0.39, 0.29) is 0 Å². The van der Waals surface area contributed by atoms with E-state index in [0.29, 0.717) is 0 Å². The maximum absolute atomic E-state index is 2.63. The first-order valence-electron chi connectivity index (χ1n) is 7.34. The van der Waals surface area contributed by atoms with Crippen LogP contribution in [0.5, 0.6) is 0 Å². The Morgan fingerprint density at radius 1 is 0.625 bits per heavy atom. The number of hydrogen-bond donors (Lipinski definition) is 1. The van der Waals surface area contributed by atoms with Crippen molar-refractivity contribution in [1.29, 1.82) is 0 Å². The predicted molar refractivity (Wildman–Crippen MR) is 73.2 cm³/mol. The summed E-state index contributed by atoms with van der Waals surface area (Å²) in [6.45, 7) is 17.0. The molecule has 0 atom stereocenters. The van der Waals surface area contributed by atoms with Gasteiger partial charge in [-0.1, -0.05) is 27.7 Å². The van der Waals surface area contributed by atoms with Gasteiger partial charge in [0.1, 0.15) is 0 Å². The van der Waals surface area contributed by atoms with Crippen LogP contribution in [-0.2, 0) is 0 Å². The van der Waals surface area contributed by atoms with E-state index in [1.807, 2.05) is 0 Å². The monoisotopic (exact) mass is 229 g/mol. The molecule has 2 nitrogen and oxygen atoms in total. The Labute approximate surface area is 103 Å². The standard InChI is InChI=1S/C14H32N2/c1-5-9-15(10-6-2)13-14-16(11-7-3)12-8-4/h5-14H2,1-4H3/p+1. The van der Waals surface area contributed by atoms with Crippen LogP contribution in [-0.4, -0.2) is 44.2 Å². The number of quaternary nitrogens is 1. The SMILES string of the molecule is CCCN(CCC)CC[NH+](CCC)CCC. The third-order valence-corrected chi connectivity index (χ3v) is 3.07. The van der Waals surface area contributed by atoms with E-state index in [2.05, 4.69) is 32.6 Å². The molecular weight excluding hydrogens is 196 g/mol. The number of nitrogens with zero attached hydrogens (tertiary/aromatic N) is 1. The van der Waals surface area contributed by atoms with Crippen LogP contribution < -0.4 is 4.90 Å². The summed E-state index contributed by atoms with van der Waals surface area (Å²) in [4.78, 5) is 4.42. The summed E-state index contributed by atoms with van der Waals surface area (Å²) >= 11 is 0. The molecule has 0 spiro atoms. The van der Waals surface area contributed by atoms with E-state index in [1.165, 1.54) is 65.0 Å². The summed E-state index contributed by atoms with van der Waals surface area (Å²) in [6.07, 6.45) is 5.21. The fraction of sp³-hybridized carbons (Fsp3) is 1.00. The largest absolute Gasteiger partial charge is 0.334 e. The Morgan fingerprint density at radius 2 is 1.12 bits per heavy atom. The van der Waals surface area contributed by atoms with Crippen LogP contribution in [0.25, 0.3) is 0 Å². The lowest BCUT2D eigenvalue weighted by molar-refractivity contribution is -0.899. The molecule has 0 aliphatic heterocycles. The van der Waals surface area contributed by atoms with E-state index >= 15 is 0 Å². The van der Waals surface area contributed by atoms with Crippen molar-refractivity contribution in [3.63, 3.8) is 0 Å². The molecule has 0 saturated carbocycles. The lowest BCUT2D eigenvalue weighted by Gasteiger charge is -2.24. The molecule has 0 saturated heterocycles. The Balaban J connectivity index is 3.83. The number of hydrogen-bond acceptors (Lipinski definition) is 1. The molecule has 1 N–H and O–H groups in total. The van der Waals surface area contributed by atoms with Crippen molar-refractivity contribution in [2.24, 2.45) is 0 Å². The van der Waals surface area contributed by atoms with Gasteiger partial charge in [-0.3, -0.25) is 4.90 Å². The van der Waals surface area contributed by atoms with Crippen molar-refractivity contribution in [2.45, 2.75) is 53.4 Å². The third-order valence-electron chi connectivity index (χ3n) is 3.07. The molecule has 0 heterocycles. The Hall–Kier alpha value is -0.0800. The highest BCUT2D eigenvalue weighted by Crippen LogP contribution is 1.92. The van der Waals surface area contributed by atoms with Gasteiger partial charge in [0.15, 0.2) is 0 Å². The summed E-state index contributed by atoms with van der Waals surface area (Å²) in [6, 6.07) is 0. The van der Waals surface area contributed by atoms with Crippen LogP contribution in [0.2, 0.25) is 0 Å². The Kier molecular flexibility index (Phi) is 11.3. The zero-order chi connectivity index (χ0) is 12.2. The van der Waals surface area contributed by atoms with E-state index in [0.717, 1.165) is 0 Å². The summed E-state index contributed by atoms with van der Waals surface area (Å²) in [5.74, 6) is 0. The minimum Gasteiger partial charge on any atom is -0.334 e. The highest BCUT2D eigenvalue weighted by Gasteiger charge is 2.09. The number of nitrogens with one attached hydrogen (secondary N) is 1. The lowest BCUT2D eigenvalue weighted by Crippen LogP contribution is -3.12. The molecule has 0 rings (SSSR count). The molecule has 98 valence electrons. The first-order chi connectivity index (χ1) is 7.78. The minimum absolute atomic E-state index is 1.28. The molecule has 0 fully saturated rings. The highest BCUT2D eigenvalue weighted by molar-refractivity contribution is 4.54. The summed E-state index contributed by atoms with van der Waals surface area (Å²) < 4.78 is 0. The molecule has 16 heavy (non-hydrogen) atoms. The molecule has 0 unspecified atom stereocenters. The maximum Gasteiger partial charge on any atom is 0.0900 e. The van der Waals surface area contributed by atoms with Gasteiger partial charge in [-0.05, 0) is 38.8 Å². The summed E-state index contributed by atoms with van der Waals surface area (Å²) in [7, 11) is 0. The lowest BCUT2D eigenvalue weighted by atomic mass is 10.3. The average molecular weight is 229 g/mol. The molecule has 0 bridgehead atoms. The van der Waals surface area contributed by atoms with E-state index in [1.54, 1.807) is 4.90 Å². The van der Waals surface area contributed by atoms with Crippen molar-refractivity contribution >= 4 is 0 Å². The van der Waals surface area contributed by atoms with E-state index in [9.17, 15) is 0 Å². The molecule has 2 heteroatoms. The fourth-order valence-corrected chi connectivity index (χ4v) is 2.37. The van der Waals surface area contributed by atoms with Gasteiger partial charge in [-0.2, -0.15) is 0 Å². The maximum atomic E-state index is 2.63. The van der Waals surface area contributed by atoms with Crippen LogP contribution in [0, 0.1) is 0 Å². The van der Waals surface area contributed by atoms with Crippen molar-refractivity contribution in [2.75, 3.05) is 39.3 Å². The van der Waals surface area contributed by atoms with Gasteiger partial charge in [0, 0.05) is 6.54 Å². The molecule has 0 radical (unpaired) electrons. The van der Waals surface area contributed by atoms with Crippen molar-refractivity contribution in [3.8, 4) is 0 Å². The smallest absolute Gasteiger partial charge is 0.0900 e. The van der Waals surface area contributed by atoms with E-state index in [4.69, 9.17) is 0 Å². The van der Waals surface area contributed by atoms with Gasteiger partial charge < -0.3 is 4.90 Å². The molecule has 0 aliphatic rings. The van der Waals surface area contributed by atoms with Crippen LogP contribution in [0.4, 0.5) is 0 Å². The van der Waals surface area contributed by atoms with Gasteiger partial charge in [0.05, 0.1) is 19.6 Å². The van der Waals surface area contributed by atoms with Gasteiger partial charge in [-0.15, -0.1) is 0 Å². The molecule has 0 aromatic carbocycles. The minimum atomic E-state index is 1.28. The van der Waals surface area contributed by atoms with Crippen molar-refractivity contribution in [1.82, 2.24) is 4.90 Å². The zero-order valence-corrected chi connectivity index (χ0v) is 12.0. The topological polar surface area (TPSA) is 7.68 Å². The van der Waals surface area contributed by atoms with Crippen molar-refractivity contribution in [3.05, 3.63) is 0 Å². The second kappa shape index (κ2) is 11.4. The Morgan fingerprint density at radius 3 is 1.50 bits per heavy atom. The highest BCUT2D eigenvalue weighted by atomic mass is 15.2. The van der Waals surface area contributed by atoms with Crippen LogP contribution in [0.3, 0.4) is 0 Å². The quantitative estimate of drug-likeness (QED) is 0.568. The normalized spacial score (nSPS) is 11.6. The summed E-state index contributed by atoms with van der Waals surface area (Å²) in [5, 5.41) is 0. The van der Waals surface area contributed by atoms with Gasteiger partial charge in [-0.25, -0.2) is 0 Å². The molecule has 0 amide bonds. The van der Waals surface area contributed by atoms with Crippen LogP contribution in [0.1, 0.15) is 53.4 Å². The van der Waals surface area contributed by atoms with Crippen LogP contribution >= 0.6 is 0 Å². The first kappa shape index (κ1) is 15.9. The zero-order valence-electron chi connectivity index (χ0n) is 12.0. The molecule has 0 aliphatic carbocycles. The van der Waals surface area contributed by atoms with Gasteiger partial charge >= 0.3 is 0 Å². The third kappa shape index (κ3) is 8.12.